The zero-order chi connectivity index (χ0) is 12.2. The maximum absolute atomic E-state index is 11.8. The van der Waals surface area contributed by atoms with Crippen LogP contribution in [0.1, 0.15) is 26.7 Å². The molecule has 1 heterocycles. The topological polar surface area (TPSA) is 90.0 Å². The maximum atomic E-state index is 11.8. The fourth-order valence-corrected chi connectivity index (χ4v) is 2.49. The van der Waals surface area contributed by atoms with Crippen LogP contribution in [0.4, 0.5) is 5.82 Å². The number of hydrogen-bond acceptors (Lipinski definition) is 4. The first-order valence-corrected chi connectivity index (χ1v) is 6.82. The van der Waals surface area contributed by atoms with E-state index in [2.05, 4.69) is 9.82 Å². The Morgan fingerprint density at radius 1 is 1.44 bits per heavy atom. The molecule has 0 aliphatic rings. The van der Waals surface area contributed by atoms with Crippen LogP contribution in [0.15, 0.2) is 11.1 Å². The second-order valence-electron chi connectivity index (χ2n) is 3.54. The quantitative estimate of drug-likeness (QED) is 0.767. The van der Waals surface area contributed by atoms with Crippen LogP contribution in [0, 0.1) is 0 Å². The Balaban J connectivity index is 2.94. The molecule has 0 saturated carbocycles. The monoisotopic (exact) mass is 246 g/mol. The predicted octanol–water partition coefficient (Wildman–Crippen LogP) is 0.564. The van der Waals surface area contributed by atoms with Gasteiger partial charge in [-0.1, -0.05) is 13.8 Å². The minimum Gasteiger partial charge on any atom is -0.381 e. The Morgan fingerprint density at radius 2 is 2.12 bits per heavy atom. The van der Waals surface area contributed by atoms with Crippen molar-refractivity contribution >= 4 is 15.8 Å². The Hall–Kier alpha value is -1.08. The molecule has 7 heteroatoms. The first-order valence-electron chi connectivity index (χ1n) is 5.33. The predicted molar refractivity (Wildman–Crippen MR) is 62.4 cm³/mol. The fraction of sp³-hybridized carbons (Fsp3) is 0.667. The zero-order valence-corrected chi connectivity index (χ0v) is 10.4. The van der Waals surface area contributed by atoms with Gasteiger partial charge in [0.1, 0.15) is 4.90 Å². The summed E-state index contributed by atoms with van der Waals surface area (Å²) in [5.41, 5.74) is 5.58. The molecule has 0 aliphatic carbocycles. The second-order valence-corrected chi connectivity index (χ2v) is 5.27. The van der Waals surface area contributed by atoms with E-state index in [1.165, 1.54) is 6.20 Å². The van der Waals surface area contributed by atoms with Gasteiger partial charge in [-0.3, -0.25) is 4.68 Å². The van der Waals surface area contributed by atoms with Crippen molar-refractivity contribution in [3.05, 3.63) is 6.20 Å². The van der Waals surface area contributed by atoms with Crippen molar-refractivity contribution in [1.82, 2.24) is 14.5 Å². The maximum Gasteiger partial charge on any atom is 0.245 e. The molecule has 0 spiro atoms. The lowest BCUT2D eigenvalue weighted by Gasteiger charge is -2.02. The van der Waals surface area contributed by atoms with Crippen molar-refractivity contribution in [2.75, 3.05) is 12.3 Å². The Kier molecular flexibility index (Phi) is 4.31. The van der Waals surface area contributed by atoms with Crippen LogP contribution in [0.25, 0.3) is 0 Å². The average molecular weight is 246 g/mol. The summed E-state index contributed by atoms with van der Waals surface area (Å²) >= 11 is 0. The highest BCUT2D eigenvalue weighted by Gasteiger charge is 2.20. The number of rotatable bonds is 6. The first kappa shape index (κ1) is 13.0. The summed E-state index contributed by atoms with van der Waals surface area (Å²) in [7, 11) is -3.51. The van der Waals surface area contributed by atoms with Gasteiger partial charge in [-0.15, -0.1) is 0 Å². The van der Waals surface area contributed by atoms with E-state index in [4.69, 9.17) is 5.73 Å². The number of nitrogens with two attached hydrogens (primary N) is 1. The van der Waals surface area contributed by atoms with Crippen molar-refractivity contribution in [1.29, 1.82) is 0 Å². The molecular formula is C9H18N4O2S. The third kappa shape index (κ3) is 2.96. The molecule has 92 valence electrons. The second kappa shape index (κ2) is 5.31. The van der Waals surface area contributed by atoms with E-state index in [-0.39, 0.29) is 10.7 Å². The number of nitrogens with one attached hydrogen (secondary N) is 1. The van der Waals surface area contributed by atoms with Crippen molar-refractivity contribution in [3.63, 3.8) is 0 Å². The van der Waals surface area contributed by atoms with Gasteiger partial charge in [0.2, 0.25) is 10.0 Å². The van der Waals surface area contributed by atoms with Crippen molar-refractivity contribution in [2.45, 2.75) is 38.1 Å². The van der Waals surface area contributed by atoms with E-state index in [9.17, 15) is 8.42 Å². The number of aryl methyl sites for hydroxylation is 1. The highest BCUT2D eigenvalue weighted by molar-refractivity contribution is 7.89. The lowest BCUT2D eigenvalue weighted by Crippen LogP contribution is -2.24. The Labute approximate surface area is 95.9 Å². The minimum atomic E-state index is -3.51. The number of aromatic nitrogens is 2. The van der Waals surface area contributed by atoms with Gasteiger partial charge in [0, 0.05) is 19.3 Å². The molecule has 0 saturated heterocycles. The molecular weight excluding hydrogens is 228 g/mol. The SMILES string of the molecule is CCCNS(=O)(=O)c1cn(CCC)nc1N. The summed E-state index contributed by atoms with van der Waals surface area (Å²) in [6.07, 6.45) is 3.09. The lowest BCUT2D eigenvalue weighted by molar-refractivity contribution is 0.579. The van der Waals surface area contributed by atoms with Crippen molar-refractivity contribution < 1.29 is 8.42 Å². The van der Waals surface area contributed by atoms with Crippen molar-refractivity contribution in [2.24, 2.45) is 0 Å². The highest BCUT2D eigenvalue weighted by atomic mass is 32.2. The molecule has 0 atom stereocenters. The molecule has 0 aliphatic heterocycles. The van der Waals surface area contributed by atoms with Crippen LogP contribution in [0.3, 0.4) is 0 Å². The molecule has 0 bridgehead atoms. The molecule has 0 amide bonds. The Morgan fingerprint density at radius 3 is 2.69 bits per heavy atom. The summed E-state index contributed by atoms with van der Waals surface area (Å²) in [4.78, 5) is 0.0643. The van der Waals surface area contributed by atoms with Crippen LogP contribution in [0.5, 0.6) is 0 Å². The standard InChI is InChI=1S/C9H18N4O2S/c1-3-5-11-16(14,15)8-7-13(6-4-2)12-9(8)10/h7,11H,3-6H2,1-2H3,(H2,10,12). The first-order chi connectivity index (χ1) is 7.51. The fourth-order valence-electron chi connectivity index (χ4n) is 1.28. The summed E-state index contributed by atoms with van der Waals surface area (Å²) < 4.78 is 27.6. The number of hydrogen-bond donors (Lipinski definition) is 2. The van der Waals surface area contributed by atoms with E-state index in [1.807, 2.05) is 13.8 Å². The number of nitrogens with zero attached hydrogens (tertiary/aromatic N) is 2. The molecule has 1 aromatic heterocycles. The molecule has 0 fully saturated rings. The van der Waals surface area contributed by atoms with E-state index in [1.54, 1.807) is 4.68 Å². The van der Waals surface area contributed by atoms with Gasteiger partial charge in [0.15, 0.2) is 5.82 Å². The van der Waals surface area contributed by atoms with Gasteiger partial charge in [-0.2, -0.15) is 5.10 Å². The van der Waals surface area contributed by atoms with Crippen molar-refractivity contribution in [3.8, 4) is 0 Å². The molecule has 16 heavy (non-hydrogen) atoms. The Bertz CT molecular complexity index is 438. The van der Waals surface area contributed by atoms with Gasteiger partial charge in [0.25, 0.3) is 0 Å². The smallest absolute Gasteiger partial charge is 0.245 e. The molecule has 1 rings (SSSR count). The minimum absolute atomic E-state index is 0.0528. The molecule has 0 aromatic carbocycles. The highest BCUT2D eigenvalue weighted by Crippen LogP contribution is 2.15. The summed E-state index contributed by atoms with van der Waals surface area (Å²) in [5, 5.41) is 3.95. The third-order valence-corrected chi connectivity index (χ3v) is 3.52. The number of sulfonamides is 1. The zero-order valence-electron chi connectivity index (χ0n) is 9.60. The largest absolute Gasteiger partial charge is 0.381 e. The number of nitrogen functional groups attached to an aromatic ring is 1. The molecule has 3 N–H and O–H groups in total. The van der Waals surface area contributed by atoms with Crippen LogP contribution in [0.2, 0.25) is 0 Å². The van der Waals surface area contributed by atoms with Gasteiger partial charge < -0.3 is 5.73 Å². The van der Waals surface area contributed by atoms with Gasteiger partial charge >= 0.3 is 0 Å². The van der Waals surface area contributed by atoms with E-state index < -0.39 is 10.0 Å². The lowest BCUT2D eigenvalue weighted by atomic mass is 10.5. The average Bonchev–Trinajstić information content (AvgIpc) is 2.58. The van der Waals surface area contributed by atoms with Gasteiger partial charge in [-0.25, -0.2) is 13.1 Å². The summed E-state index contributed by atoms with van der Waals surface area (Å²) in [6, 6.07) is 0. The molecule has 0 radical (unpaired) electrons. The molecule has 0 unspecified atom stereocenters. The van der Waals surface area contributed by atoms with Crippen LogP contribution in [-0.2, 0) is 16.6 Å². The third-order valence-electron chi connectivity index (χ3n) is 2.04. The van der Waals surface area contributed by atoms with E-state index in [0.717, 1.165) is 12.8 Å². The van der Waals surface area contributed by atoms with Gasteiger partial charge in [0.05, 0.1) is 0 Å². The summed E-state index contributed by atoms with van der Waals surface area (Å²) in [5.74, 6) is 0.0528. The molecule has 1 aromatic rings. The van der Waals surface area contributed by atoms with E-state index in [0.29, 0.717) is 13.1 Å². The van der Waals surface area contributed by atoms with Crippen LogP contribution < -0.4 is 10.5 Å². The van der Waals surface area contributed by atoms with Crippen LogP contribution >= 0.6 is 0 Å². The van der Waals surface area contributed by atoms with Crippen LogP contribution in [-0.4, -0.2) is 24.7 Å². The number of anilines is 1. The molecule has 6 nitrogen and oxygen atoms in total. The van der Waals surface area contributed by atoms with E-state index >= 15 is 0 Å². The normalized spacial score (nSPS) is 11.9. The summed E-state index contributed by atoms with van der Waals surface area (Å²) in [6.45, 7) is 4.95. The van der Waals surface area contributed by atoms with Gasteiger partial charge in [-0.05, 0) is 12.8 Å².